The normalized spacial score (nSPS) is 12.3. The van der Waals surface area contributed by atoms with Gasteiger partial charge in [-0.25, -0.2) is 0 Å². The van der Waals surface area contributed by atoms with Crippen LogP contribution in [0.4, 0.5) is 0 Å². The highest BCUT2D eigenvalue weighted by Gasteiger charge is 2.26. The van der Waals surface area contributed by atoms with E-state index in [1.807, 2.05) is 0 Å². The smallest absolute Gasteiger partial charge is 0.0997 e. The minimum Gasteiger partial charge on any atom is -0.192 e. The van der Waals surface area contributed by atoms with Crippen LogP contribution < -0.4 is 0 Å². The van der Waals surface area contributed by atoms with Gasteiger partial charge in [0.2, 0.25) is 0 Å². The Bertz CT molecular complexity index is 455. The Morgan fingerprint density at radius 2 is 1.37 bits per heavy atom. The van der Waals surface area contributed by atoms with Crippen molar-refractivity contribution in [1.82, 2.24) is 0 Å². The summed E-state index contributed by atoms with van der Waals surface area (Å²) in [4.78, 5) is 0. The van der Waals surface area contributed by atoms with Crippen molar-refractivity contribution in [1.29, 1.82) is 5.26 Å². The average Bonchev–Trinajstić information content (AvgIpc) is 2.26. The van der Waals surface area contributed by atoms with Gasteiger partial charge >= 0.3 is 0 Å². The van der Waals surface area contributed by atoms with Gasteiger partial charge in [0.15, 0.2) is 0 Å². The molecule has 1 aromatic rings. The molecule has 104 valence electrons. The highest BCUT2D eigenvalue weighted by atomic mass is 14.3. The van der Waals surface area contributed by atoms with Crippen molar-refractivity contribution in [3.63, 3.8) is 0 Å². The summed E-state index contributed by atoms with van der Waals surface area (Å²) in [6, 6.07) is 6.91. The molecular formula is C18H27N. The van der Waals surface area contributed by atoms with E-state index >= 15 is 0 Å². The Hall–Kier alpha value is -1.29. The van der Waals surface area contributed by atoms with E-state index in [1.165, 1.54) is 16.7 Å². The van der Waals surface area contributed by atoms with E-state index in [1.54, 1.807) is 0 Å². The van der Waals surface area contributed by atoms with Gasteiger partial charge in [0, 0.05) is 0 Å². The minimum absolute atomic E-state index is 0.00874. The topological polar surface area (TPSA) is 23.8 Å². The fourth-order valence-corrected chi connectivity index (χ4v) is 2.44. The predicted molar refractivity (Wildman–Crippen MR) is 82.6 cm³/mol. The van der Waals surface area contributed by atoms with Crippen LogP contribution in [0.3, 0.4) is 0 Å². The molecule has 0 aliphatic rings. The maximum atomic E-state index is 9.60. The lowest BCUT2D eigenvalue weighted by molar-refractivity contribution is 0.563. The van der Waals surface area contributed by atoms with Crippen molar-refractivity contribution in [2.24, 2.45) is 0 Å². The van der Waals surface area contributed by atoms with Crippen molar-refractivity contribution in [2.75, 3.05) is 0 Å². The molecule has 0 N–H and O–H groups in total. The van der Waals surface area contributed by atoms with Gasteiger partial charge in [0.05, 0.1) is 11.6 Å². The van der Waals surface area contributed by atoms with Crippen molar-refractivity contribution >= 4 is 0 Å². The van der Waals surface area contributed by atoms with Crippen molar-refractivity contribution in [3.8, 4) is 6.07 Å². The summed E-state index contributed by atoms with van der Waals surface area (Å²) >= 11 is 0. The Morgan fingerprint density at radius 3 is 1.63 bits per heavy atom. The molecule has 1 aromatic carbocycles. The minimum atomic E-state index is 0.00874. The number of nitriles is 1. The lowest BCUT2D eigenvalue weighted by Gasteiger charge is -2.28. The SMILES string of the molecule is CCCc1cc(C(C)(C)C)c(C#N)c(C(C)(C)C)c1. The molecule has 0 heterocycles. The van der Waals surface area contributed by atoms with Crippen LogP contribution in [0.15, 0.2) is 12.1 Å². The van der Waals surface area contributed by atoms with Gasteiger partial charge in [-0.3, -0.25) is 0 Å². The van der Waals surface area contributed by atoms with Crippen LogP contribution in [0.2, 0.25) is 0 Å². The van der Waals surface area contributed by atoms with Gasteiger partial charge in [-0.05, 0) is 33.9 Å². The molecule has 0 saturated carbocycles. The summed E-state index contributed by atoms with van der Waals surface area (Å²) in [5, 5.41) is 9.60. The third kappa shape index (κ3) is 3.60. The molecule has 0 radical (unpaired) electrons. The molecule has 1 heteroatoms. The first-order valence-electron chi connectivity index (χ1n) is 7.19. The van der Waals surface area contributed by atoms with Gasteiger partial charge in [-0.1, -0.05) is 67.0 Å². The Kier molecular flexibility index (Phi) is 4.46. The molecule has 0 unspecified atom stereocenters. The molecular weight excluding hydrogens is 230 g/mol. The van der Waals surface area contributed by atoms with E-state index in [9.17, 15) is 5.26 Å². The first-order chi connectivity index (χ1) is 8.61. The zero-order chi connectivity index (χ0) is 14.8. The van der Waals surface area contributed by atoms with Crippen molar-refractivity contribution in [3.05, 3.63) is 34.4 Å². The molecule has 0 saturated heterocycles. The standard InChI is InChI=1S/C18H27N/c1-8-9-13-10-15(17(2,3)4)14(12-19)16(11-13)18(5,6)7/h10-11H,8-9H2,1-7H3. The lowest BCUT2D eigenvalue weighted by Crippen LogP contribution is -2.20. The number of benzene rings is 1. The summed E-state index contributed by atoms with van der Waals surface area (Å²) in [6.45, 7) is 15.3. The summed E-state index contributed by atoms with van der Waals surface area (Å²) < 4.78 is 0. The average molecular weight is 257 g/mol. The molecule has 0 fully saturated rings. The zero-order valence-electron chi connectivity index (χ0n) is 13.5. The van der Waals surface area contributed by atoms with E-state index in [-0.39, 0.29) is 10.8 Å². The Labute approximate surface area is 118 Å². The van der Waals surface area contributed by atoms with Crippen LogP contribution in [0.5, 0.6) is 0 Å². The number of hydrogen-bond acceptors (Lipinski definition) is 1. The molecule has 0 aliphatic carbocycles. The molecule has 0 aliphatic heterocycles. The molecule has 0 spiro atoms. The zero-order valence-corrected chi connectivity index (χ0v) is 13.5. The quantitative estimate of drug-likeness (QED) is 0.722. The fraction of sp³-hybridized carbons (Fsp3) is 0.611. The van der Waals surface area contributed by atoms with E-state index in [0.29, 0.717) is 0 Å². The summed E-state index contributed by atoms with van der Waals surface area (Å²) in [5.41, 5.74) is 4.62. The predicted octanol–water partition coefficient (Wildman–Crippen LogP) is 5.11. The van der Waals surface area contributed by atoms with Gasteiger partial charge < -0.3 is 0 Å². The van der Waals surface area contributed by atoms with Crippen molar-refractivity contribution < 1.29 is 0 Å². The number of rotatable bonds is 2. The second-order valence-corrected chi connectivity index (χ2v) is 7.43. The van der Waals surface area contributed by atoms with Gasteiger partial charge in [0.25, 0.3) is 0 Å². The fourth-order valence-electron chi connectivity index (χ4n) is 2.44. The maximum absolute atomic E-state index is 9.60. The first kappa shape index (κ1) is 15.8. The Balaban J connectivity index is 3.63. The number of hydrogen-bond donors (Lipinski definition) is 0. The lowest BCUT2D eigenvalue weighted by atomic mass is 9.75. The van der Waals surface area contributed by atoms with E-state index in [4.69, 9.17) is 0 Å². The van der Waals surface area contributed by atoms with Crippen LogP contribution in [-0.2, 0) is 17.3 Å². The van der Waals surface area contributed by atoms with Crippen LogP contribution in [0.1, 0.15) is 77.1 Å². The maximum Gasteiger partial charge on any atom is 0.0997 e. The molecule has 0 aromatic heterocycles. The highest BCUT2D eigenvalue weighted by molar-refractivity contribution is 5.52. The summed E-state index contributed by atoms with van der Waals surface area (Å²) in [6.07, 6.45) is 2.22. The number of aryl methyl sites for hydroxylation is 1. The van der Waals surface area contributed by atoms with E-state index in [0.717, 1.165) is 18.4 Å². The van der Waals surface area contributed by atoms with E-state index < -0.39 is 0 Å². The second kappa shape index (κ2) is 5.37. The number of nitrogens with zero attached hydrogens (tertiary/aromatic N) is 1. The molecule has 0 amide bonds. The van der Waals surface area contributed by atoms with Gasteiger partial charge in [-0.2, -0.15) is 5.26 Å². The van der Waals surface area contributed by atoms with Crippen LogP contribution in [0, 0.1) is 11.3 Å². The molecule has 19 heavy (non-hydrogen) atoms. The largest absolute Gasteiger partial charge is 0.192 e. The summed E-state index contributed by atoms with van der Waals surface area (Å²) in [5.74, 6) is 0. The van der Waals surface area contributed by atoms with E-state index in [2.05, 4.69) is 66.7 Å². The molecule has 1 rings (SSSR count). The highest BCUT2D eigenvalue weighted by Crippen LogP contribution is 2.35. The van der Waals surface area contributed by atoms with Gasteiger partial charge in [0.1, 0.15) is 0 Å². The second-order valence-electron chi connectivity index (χ2n) is 7.43. The van der Waals surface area contributed by atoms with Crippen LogP contribution >= 0.6 is 0 Å². The van der Waals surface area contributed by atoms with Crippen LogP contribution in [0.25, 0.3) is 0 Å². The summed E-state index contributed by atoms with van der Waals surface area (Å²) in [7, 11) is 0. The first-order valence-corrected chi connectivity index (χ1v) is 7.19. The third-order valence-electron chi connectivity index (χ3n) is 3.46. The molecule has 0 bridgehead atoms. The van der Waals surface area contributed by atoms with Gasteiger partial charge in [-0.15, -0.1) is 0 Å². The third-order valence-corrected chi connectivity index (χ3v) is 3.46. The molecule has 1 nitrogen and oxygen atoms in total. The monoisotopic (exact) mass is 257 g/mol. The van der Waals surface area contributed by atoms with Crippen molar-refractivity contribution in [2.45, 2.75) is 72.1 Å². The molecule has 0 atom stereocenters. The Morgan fingerprint density at radius 1 is 0.947 bits per heavy atom. The van der Waals surface area contributed by atoms with Crippen LogP contribution in [-0.4, -0.2) is 0 Å².